The van der Waals surface area contributed by atoms with Gasteiger partial charge >= 0.3 is 0 Å². The summed E-state index contributed by atoms with van der Waals surface area (Å²) >= 11 is 4.89. The molecule has 2 aromatic carbocycles. The van der Waals surface area contributed by atoms with E-state index in [9.17, 15) is 14.9 Å². The molecule has 0 radical (unpaired) electrons. The van der Waals surface area contributed by atoms with Gasteiger partial charge in [-0.1, -0.05) is 12.1 Å². The number of ether oxygens (including phenoxy) is 1. The average Bonchev–Trinajstić information content (AvgIpc) is 2.91. The molecular formula is C17H13N3O4S. The van der Waals surface area contributed by atoms with Crippen molar-refractivity contribution >= 4 is 35.0 Å². The second kappa shape index (κ2) is 7.10. The van der Waals surface area contributed by atoms with Gasteiger partial charge in [0.05, 0.1) is 4.92 Å². The van der Waals surface area contributed by atoms with Crippen LogP contribution in [0.25, 0.3) is 6.08 Å². The first kappa shape index (κ1) is 16.6. The van der Waals surface area contributed by atoms with Crippen LogP contribution in [0.3, 0.4) is 0 Å². The monoisotopic (exact) mass is 355 g/mol. The molecule has 1 amide bonds. The fourth-order valence-electron chi connectivity index (χ4n) is 2.22. The van der Waals surface area contributed by atoms with Gasteiger partial charge in [0.2, 0.25) is 0 Å². The van der Waals surface area contributed by atoms with Gasteiger partial charge in [0.25, 0.3) is 11.6 Å². The van der Waals surface area contributed by atoms with E-state index in [1.807, 2.05) is 12.1 Å². The second-order valence-corrected chi connectivity index (χ2v) is 5.66. The van der Waals surface area contributed by atoms with Crippen LogP contribution in [0.1, 0.15) is 11.1 Å². The van der Waals surface area contributed by atoms with Crippen molar-refractivity contribution < 1.29 is 14.5 Å². The Morgan fingerprint density at radius 3 is 2.56 bits per heavy atom. The largest absolute Gasteiger partial charge is 0.489 e. The Kier molecular flexibility index (Phi) is 4.71. The standard InChI is InChI=1S/C17H13N3O4S/c21-16-15(18-17(25)19-16)9-12-2-1-3-14(8-12)24-10-11-4-6-13(7-5-11)20(22)23/h1-9H,10H2,(H2,18,19,21,25)/b15-9+. The molecule has 2 aromatic rings. The van der Waals surface area contributed by atoms with E-state index >= 15 is 0 Å². The SMILES string of the molecule is O=C1NC(=S)N/C1=C/c1cccc(OCc2ccc([N+](=O)[O-])cc2)c1. The highest BCUT2D eigenvalue weighted by Gasteiger charge is 2.19. The van der Waals surface area contributed by atoms with Crippen molar-refractivity contribution in [3.05, 3.63) is 75.5 Å². The van der Waals surface area contributed by atoms with Crippen LogP contribution in [0.15, 0.2) is 54.2 Å². The van der Waals surface area contributed by atoms with Crippen LogP contribution in [0.2, 0.25) is 0 Å². The van der Waals surface area contributed by atoms with Crippen molar-refractivity contribution in [2.24, 2.45) is 0 Å². The molecule has 0 aromatic heterocycles. The molecule has 1 aliphatic heterocycles. The summed E-state index contributed by atoms with van der Waals surface area (Å²) < 4.78 is 5.70. The fourth-order valence-corrected chi connectivity index (χ4v) is 2.43. The van der Waals surface area contributed by atoms with Gasteiger partial charge in [-0.25, -0.2) is 0 Å². The van der Waals surface area contributed by atoms with Crippen LogP contribution in [0, 0.1) is 10.1 Å². The number of nitrogens with one attached hydrogen (secondary N) is 2. The van der Waals surface area contributed by atoms with Gasteiger partial charge < -0.3 is 10.1 Å². The summed E-state index contributed by atoms with van der Waals surface area (Å²) in [6, 6.07) is 13.4. The summed E-state index contributed by atoms with van der Waals surface area (Å²) in [7, 11) is 0. The van der Waals surface area contributed by atoms with E-state index in [1.54, 1.807) is 30.3 Å². The van der Waals surface area contributed by atoms with Crippen molar-refractivity contribution in [3.63, 3.8) is 0 Å². The lowest BCUT2D eigenvalue weighted by Gasteiger charge is -2.07. The molecule has 2 N–H and O–H groups in total. The summed E-state index contributed by atoms with van der Waals surface area (Å²) in [5, 5.41) is 16.2. The molecule has 8 heteroatoms. The Bertz CT molecular complexity index is 878. The summed E-state index contributed by atoms with van der Waals surface area (Å²) in [6.45, 7) is 0.279. The average molecular weight is 355 g/mol. The highest BCUT2D eigenvalue weighted by molar-refractivity contribution is 7.80. The maximum Gasteiger partial charge on any atom is 0.273 e. The molecule has 0 unspecified atom stereocenters. The molecule has 0 saturated carbocycles. The molecule has 1 heterocycles. The topological polar surface area (TPSA) is 93.5 Å². The zero-order chi connectivity index (χ0) is 17.8. The van der Waals surface area contributed by atoms with E-state index < -0.39 is 4.92 Å². The van der Waals surface area contributed by atoms with Crippen molar-refractivity contribution in [1.29, 1.82) is 0 Å². The normalized spacial score (nSPS) is 15.0. The lowest BCUT2D eigenvalue weighted by Crippen LogP contribution is -2.21. The van der Waals surface area contributed by atoms with E-state index in [0.29, 0.717) is 11.4 Å². The van der Waals surface area contributed by atoms with Crippen molar-refractivity contribution in [2.45, 2.75) is 6.61 Å². The van der Waals surface area contributed by atoms with Crippen molar-refractivity contribution in [2.75, 3.05) is 0 Å². The zero-order valence-electron chi connectivity index (χ0n) is 12.9. The Labute approximate surface area is 148 Å². The summed E-state index contributed by atoms with van der Waals surface area (Å²) in [6.07, 6.45) is 1.67. The highest BCUT2D eigenvalue weighted by Crippen LogP contribution is 2.19. The fraction of sp³-hybridized carbons (Fsp3) is 0.0588. The van der Waals surface area contributed by atoms with Crippen molar-refractivity contribution in [1.82, 2.24) is 10.6 Å². The van der Waals surface area contributed by atoms with Gasteiger partial charge in [-0.3, -0.25) is 20.2 Å². The number of benzene rings is 2. The molecule has 0 aliphatic carbocycles. The lowest BCUT2D eigenvalue weighted by molar-refractivity contribution is -0.384. The van der Waals surface area contributed by atoms with E-state index in [4.69, 9.17) is 17.0 Å². The predicted octanol–water partition coefficient (Wildman–Crippen LogP) is 2.52. The minimum atomic E-state index is -0.444. The predicted molar refractivity (Wildman–Crippen MR) is 95.7 cm³/mol. The second-order valence-electron chi connectivity index (χ2n) is 5.25. The molecule has 1 saturated heterocycles. The number of nitrogens with zero attached hydrogens (tertiary/aromatic N) is 1. The number of non-ortho nitro benzene ring substituents is 1. The molecule has 0 spiro atoms. The molecule has 1 aliphatic rings. The van der Waals surface area contributed by atoms with Crippen LogP contribution in [-0.2, 0) is 11.4 Å². The molecule has 25 heavy (non-hydrogen) atoms. The minimum absolute atomic E-state index is 0.0395. The number of carbonyl (C=O) groups is 1. The van der Waals surface area contributed by atoms with Crippen LogP contribution in [-0.4, -0.2) is 15.9 Å². The van der Waals surface area contributed by atoms with E-state index in [-0.39, 0.29) is 23.3 Å². The van der Waals surface area contributed by atoms with Gasteiger partial charge in [-0.2, -0.15) is 0 Å². The third-order valence-electron chi connectivity index (χ3n) is 3.44. The van der Waals surface area contributed by atoms with E-state index in [2.05, 4.69) is 10.6 Å². The number of nitro benzene ring substituents is 1. The third-order valence-corrected chi connectivity index (χ3v) is 3.65. The highest BCUT2D eigenvalue weighted by atomic mass is 32.1. The number of hydrogen-bond donors (Lipinski definition) is 2. The Hall–Kier alpha value is -3.26. The van der Waals surface area contributed by atoms with Crippen LogP contribution in [0.4, 0.5) is 5.69 Å². The first-order valence-corrected chi connectivity index (χ1v) is 7.72. The molecule has 0 atom stereocenters. The van der Waals surface area contributed by atoms with E-state index in [0.717, 1.165) is 11.1 Å². The molecule has 7 nitrogen and oxygen atoms in total. The summed E-state index contributed by atoms with van der Waals surface area (Å²) in [4.78, 5) is 21.8. The number of rotatable bonds is 5. The van der Waals surface area contributed by atoms with Crippen LogP contribution < -0.4 is 15.4 Å². The van der Waals surface area contributed by atoms with Crippen LogP contribution >= 0.6 is 12.2 Å². The molecular weight excluding hydrogens is 342 g/mol. The number of thiocarbonyl (C=S) groups is 1. The summed E-state index contributed by atoms with van der Waals surface area (Å²) in [5.41, 5.74) is 2.01. The quantitative estimate of drug-likeness (QED) is 0.370. The van der Waals surface area contributed by atoms with Crippen molar-refractivity contribution in [3.8, 4) is 5.75 Å². The van der Waals surface area contributed by atoms with Gasteiger partial charge in [0.15, 0.2) is 5.11 Å². The molecule has 1 fully saturated rings. The zero-order valence-corrected chi connectivity index (χ0v) is 13.7. The first-order valence-electron chi connectivity index (χ1n) is 7.31. The third kappa shape index (κ3) is 4.18. The maximum absolute atomic E-state index is 11.7. The Morgan fingerprint density at radius 2 is 1.92 bits per heavy atom. The molecule has 3 rings (SSSR count). The maximum atomic E-state index is 11.7. The number of amides is 1. The van der Waals surface area contributed by atoms with Gasteiger partial charge in [0.1, 0.15) is 18.1 Å². The minimum Gasteiger partial charge on any atom is -0.489 e. The van der Waals surface area contributed by atoms with Crippen LogP contribution in [0.5, 0.6) is 5.75 Å². The lowest BCUT2D eigenvalue weighted by atomic mass is 10.2. The smallest absolute Gasteiger partial charge is 0.273 e. The van der Waals surface area contributed by atoms with Gasteiger partial charge in [0, 0.05) is 12.1 Å². The van der Waals surface area contributed by atoms with E-state index in [1.165, 1.54) is 12.1 Å². The Morgan fingerprint density at radius 1 is 1.16 bits per heavy atom. The van der Waals surface area contributed by atoms with Gasteiger partial charge in [-0.05, 0) is 53.7 Å². The first-order chi connectivity index (χ1) is 12.0. The number of carbonyl (C=O) groups excluding carboxylic acids is 1. The summed E-state index contributed by atoms with van der Waals surface area (Å²) in [5.74, 6) is 0.343. The van der Waals surface area contributed by atoms with Gasteiger partial charge in [-0.15, -0.1) is 0 Å². The number of hydrogen-bond acceptors (Lipinski definition) is 5. The molecule has 126 valence electrons. The molecule has 0 bridgehead atoms. The Balaban J connectivity index is 1.68. The number of nitro groups is 1.